The zero-order valence-electron chi connectivity index (χ0n) is 17.6. The Labute approximate surface area is 176 Å². The molecule has 1 amide bonds. The highest BCUT2D eigenvalue weighted by Crippen LogP contribution is 2.33. The lowest BCUT2D eigenvalue weighted by atomic mass is 9.78. The van der Waals surface area contributed by atoms with E-state index in [0.717, 1.165) is 30.6 Å². The van der Waals surface area contributed by atoms with E-state index >= 15 is 0 Å². The number of benzene rings is 1. The number of aliphatic hydroxyl groups is 1. The Kier molecular flexibility index (Phi) is 6.92. The highest BCUT2D eigenvalue weighted by Gasteiger charge is 2.37. The van der Waals surface area contributed by atoms with Crippen molar-refractivity contribution in [3.05, 3.63) is 29.8 Å². The number of thioether (sulfide) groups is 1. The fourth-order valence-electron chi connectivity index (χ4n) is 3.88. The van der Waals surface area contributed by atoms with Crippen molar-refractivity contribution in [2.24, 2.45) is 5.41 Å². The summed E-state index contributed by atoms with van der Waals surface area (Å²) in [7, 11) is 4.04. The third kappa shape index (κ3) is 5.15. The summed E-state index contributed by atoms with van der Waals surface area (Å²) < 4.78 is 1.67. The molecule has 1 saturated heterocycles. The van der Waals surface area contributed by atoms with Crippen molar-refractivity contribution in [3.8, 4) is 5.69 Å². The van der Waals surface area contributed by atoms with Gasteiger partial charge in [0.25, 0.3) is 0 Å². The minimum absolute atomic E-state index is 0.0881. The molecule has 29 heavy (non-hydrogen) atoms. The lowest BCUT2D eigenvalue weighted by molar-refractivity contribution is -0.133. The molecular weight excluding hydrogens is 388 g/mol. The van der Waals surface area contributed by atoms with Crippen LogP contribution in [0.4, 0.5) is 0 Å². The van der Waals surface area contributed by atoms with Gasteiger partial charge in [0.2, 0.25) is 11.1 Å². The van der Waals surface area contributed by atoms with E-state index in [-0.39, 0.29) is 23.2 Å². The van der Waals surface area contributed by atoms with E-state index in [1.165, 1.54) is 11.8 Å². The number of carbonyl (C=O) groups is 1. The molecule has 3 rings (SSSR count). The summed E-state index contributed by atoms with van der Waals surface area (Å²) in [4.78, 5) is 17.0. The number of aryl methyl sites for hydroxylation is 1. The Hall–Kier alpha value is -1.97. The van der Waals surface area contributed by atoms with Crippen molar-refractivity contribution in [2.75, 3.05) is 40.3 Å². The number of hydrogen-bond acceptors (Lipinski definition) is 7. The Morgan fingerprint density at radius 1 is 1.34 bits per heavy atom. The molecule has 1 unspecified atom stereocenters. The van der Waals surface area contributed by atoms with Crippen molar-refractivity contribution < 1.29 is 9.90 Å². The van der Waals surface area contributed by atoms with Crippen LogP contribution in [0.3, 0.4) is 0 Å². The summed E-state index contributed by atoms with van der Waals surface area (Å²) in [6.45, 7) is 6.24. The number of amides is 1. The zero-order valence-corrected chi connectivity index (χ0v) is 18.4. The molecule has 9 heteroatoms. The lowest BCUT2D eigenvalue weighted by Gasteiger charge is -2.42. The van der Waals surface area contributed by atoms with E-state index in [4.69, 9.17) is 0 Å². The maximum atomic E-state index is 13.0. The SMILES string of the molecule is Cc1cccc(-n2nnnc2SC(C)C(=O)N2CCC(CO)(CN(C)C)CC2)c1. The molecule has 0 saturated carbocycles. The van der Waals surface area contributed by atoms with Gasteiger partial charge in [0.1, 0.15) is 0 Å². The second kappa shape index (κ2) is 9.23. The first kappa shape index (κ1) is 21.7. The first-order chi connectivity index (χ1) is 13.8. The second-order valence-corrected chi connectivity index (χ2v) is 9.50. The molecule has 1 aliphatic rings. The molecule has 1 aromatic heterocycles. The number of rotatable bonds is 7. The highest BCUT2D eigenvalue weighted by molar-refractivity contribution is 8.00. The fourth-order valence-corrected chi connectivity index (χ4v) is 4.77. The van der Waals surface area contributed by atoms with Crippen molar-refractivity contribution >= 4 is 17.7 Å². The van der Waals surface area contributed by atoms with Crippen LogP contribution in [0.1, 0.15) is 25.3 Å². The number of aromatic nitrogens is 4. The summed E-state index contributed by atoms with van der Waals surface area (Å²) in [6, 6.07) is 7.94. The van der Waals surface area contributed by atoms with E-state index < -0.39 is 0 Å². The van der Waals surface area contributed by atoms with E-state index in [1.807, 2.05) is 57.1 Å². The van der Waals surface area contributed by atoms with Crippen LogP contribution >= 0.6 is 11.8 Å². The molecule has 1 fully saturated rings. The molecule has 0 radical (unpaired) electrons. The molecule has 2 aromatic rings. The molecule has 2 heterocycles. The Bertz CT molecular complexity index is 832. The lowest BCUT2D eigenvalue weighted by Crippen LogP contribution is -2.50. The van der Waals surface area contributed by atoms with Crippen LogP contribution in [0.25, 0.3) is 5.69 Å². The van der Waals surface area contributed by atoms with E-state index in [9.17, 15) is 9.90 Å². The van der Waals surface area contributed by atoms with Crippen LogP contribution in [0, 0.1) is 12.3 Å². The molecule has 0 spiro atoms. The van der Waals surface area contributed by atoms with Gasteiger partial charge in [0.05, 0.1) is 17.5 Å². The van der Waals surface area contributed by atoms with Gasteiger partial charge in [-0.25, -0.2) is 0 Å². The van der Waals surface area contributed by atoms with Gasteiger partial charge in [-0.15, -0.1) is 5.10 Å². The molecule has 1 aromatic carbocycles. The highest BCUT2D eigenvalue weighted by atomic mass is 32.2. The van der Waals surface area contributed by atoms with Crippen molar-refractivity contribution in [1.29, 1.82) is 0 Å². The summed E-state index contributed by atoms with van der Waals surface area (Å²) in [5.41, 5.74) is 1.88. The number of aliphatic hydroxyl groups excluding tert-OH is 1. The Morgan fingerprint density at radius 2 is 2.07 bits per heavy atom. The summed E-state index contributed by atoms with van der Waals surface area (Å²) >= 11 is 1.37. The van der Waals surface area contributed by atoms with Gasteiger partial charge >= 0.3 is 0 Å². The molecule has 1 N–H and O–H groups in total. The molecule has 158 valence electrons. The van der Waals surface area contributed by atoms with E-state index in [0.29, 0.717) is 18.2 Å². The topological polar surface area (TPSA) is 87.4 Å². The third-order valence-corrected chi connectivity index (χ3v) is 6.46. The molecule has 1 aliphatic heterocycles. The van der Waals surface area contributed by atoms with Crippen LogP contribution in [0.2, 0.25) is 0 Å². The fraction of sp³-hybridized carbons (Fsp3) is 0.600. The van der Waals surface area contributed by atoms with E-state index in [2.05, 4.69) is 20.4 Å². The van der Waals surface area contributed by atoms with Crippen molar-refractivity contribution in [2.45, 2.75) is 37.1 Å². The number of hydrogen-bond donors (Lipinski definition) is 1. The van der Waals surface area contributed by atoms with Gasteiger partial charge in [0.15, 0.2) is 0 Å². The predicted molar refractivity (Wildman–Crippen MR) is 113 cm³/mol. The molecule has 0 aliphatic carbocycles. The first-order valence-corrected chi connectivity index (χ1v) is 10.8. The summed E-state index contributed by atoms with van der Waals surface area (Å²) in [5.74, 6) is 0.0881. The number of nitrogens with zero attached hydrogens (tertiary/aromatic N) is 6. The van der Waals surface area contributed by atoms with Crippen LogP contribution in [0.15, 0.2) is 29.4 Å². The van der Waals surface area contributed by atoms with E-state index in [1.54, 1.807) is 4.68 Å². The van der Waals surface area contributed by atoms with Gasteiger partial charge in [-0.05, 0) is 68.9 Å². The largest absolute Gasteiger partial charge is 0.396 e. The van der Waals surface area contributed by atoms with Gasteiger partial charge < -0.3 is 14.9 Å². The zero-order chi connectivity index (χ0) is 21.0. The molecule has 0 bridgehead atoms. The summed E-state index contributed by atoms with van der Waals surface area (Å²) in [5, 5.41) is 22.2. The third-order valence-electron chi connectivity index (χ3n) is 5.44. The van der Waals surface area contributed by atoms with Gasteiger partial charge in [-0.3, -0.25) is 4.79 Å². The smallest absolute Gasteiger partial charge is 0.235 e. The van der Waals surface area contributed by atoms with Crippen LogP contribution in [0.5, 0.6) is 0 Å². The second-order valence-electron chi connectivity index (χ2n) is 8.19. The average Bonchev–Trinajstić information content (AvgIpc) is 3.15. The average molecular weight is 419 g/mol. The van der Waals surface area contributed by atoms with Crippen molar-refractivity contribution in [3.63, 3.8) is 0 Å². The Morgan fingerprint density at radius 3 is 2.69 bits per heavy atom. The number of tetrazole rings is 1. The molecule has 8 nitrogen and oxygen atoms in total. The van der Waals surface area contributed by atoms with Crippen LogP contribution in [-0.2, 0) is 4.79 Å². The molecular formula is C20H30N6O2S. The number of carbonyl (C=O) groups excluding carboxylic acids is 1. The minimum atomic E-state index is -0.292. The number of piperidine rings is 1. The maximum Gasteiger partial charge on any atom is 0.235 e. The maximum absolute atomic E-state index is 13.0. The minimum Gasteiger partial charge on any atom is -0.396 e. The Balaban J connectivity index is 1.63. The predicted octanol–water partition coefficient (Wildman–Crippen LogP) is 1.61. The van der Waals surface area contributed by atoms with Crippen LogP contribution in [-0.4, -0.2) is 86.6 Å². The number of likely N-dealkylation sites (tertiary alicyclic amines) is 1. The normalized spacial score (nSPS) is 17.5. The quantitative estimate of drug-likeness (QED) is 0.684. The van der Waals surface area contributed by atoms with Crippen molar-refractivity contribution in [1.82, 2.24) is 30.0 Å². The first-order valence-electron chi connectivity index (χ1n) is 9.90. The molecule has 1 atom stereocenters. The van der Waals surface area contributed by atoms with Gasteiger partial charge in [-0.1, -0.05) is 23.9 Å². The van der Waals surface area contributed by atoms with Crippen LogP contribution < -0.4 is 0 Å². The van der Waals surface area contributed by atoms with Gasteiger partial charge in [0, 0.05) is 25.0 Å². The van der Waals surface area contributed by atoms with Gasteiger partial charge in [-0.2, -0.15) is 4.68 Å². The summed E-state index contributed by atoms with van der Waals surface area (Å²) in [6.07, 6.45) is 1.62. The standard InChI is InChI=1S/C20H30N6O2S/c1-15-6-5-7-17(12-15)26-19(21-22-23-26)29-16(2)18(28)25-10-8-20(14-27,9-11-25)13-24(3)4/h5-7,12,16,27H,8-11,13-14H2,1-4H3. The monoisotopic (exact) mass is 418 g/mol.